The summed E-state index contributed by atoms with van der Waals surface area (Å²) in [6.45, 7) is 6.43. The summed E-state index contributed by atoms with van der Waals surface area (Å²) < 4.78 is 5.73. The van der Waals surface area contributed by atoms with E-state index in [2.05, 4.69) is 17.6 Å². The number of nitrogens with one attached hydrogen (secondary N) is 2. The zero-order valence-corrected chi connectivity index (χ0v) is 15.5. The molecule has 0 saturated heterocycles. The number of unbranched alkanes of at least 4 members (excludes halogenated alkanes) is 1. The Balaban J connectivity index is 2.20. The number of anilines is 1. The molecule has 2 rings (SSSR count). The number of carbonyl (C=O) groups is 2. The summed E-state index contributed by atoms with van der Waals surface area (Å²) >= 11 is 0. The van der Waals surface area contributed by atoms with Crippen molar-refractivity contribution in [2.24, 2.45) is 0 Å². The van der Waals surface area contributed by atoms with E-state index in [1.807, 2.05) is 19.9 Å². The molecule has 0 unspecified atom stereocenters. The molecule has 2 aromatic carbocycles. The number of para-hydroxylation sites is 2. The van der Waals surface area contributed by atoms with Crippen molar-refractivity contribution in [1.82, 2.24) is 5.32 Å². The van der Waals surface area contributed by atoms with Crippen LogP contribution in [0.15, 0.2) is 48.5 Å². The van der Waals surface area contributed by atoms with E-state index >= 15 is 0 Å². The second-order valence-corrected chi connectivity index (χ2v) is 6.33. The molecule has 0 fully saturated rings. The summed E-state index contributed by atoms with van der Waals surface area (Å²) in [5.74, 6) is 0.0211. The second kappa shape index (κ2) is 9.61. The molecule has 2 amide bonds. The molecule has 2 N–H and O–H groups in total. The molecule has 0 aliphatic rings. The lowest BCUT2D eigenvalue weighted by Gasteiger charge is -2.14. The van der Waals surface area contributed by atoms with Gasteiger partial charge in [-0.25, -0.2) is 0 Å². The Labute approximate surface area is 154 Å². The normalized spacial score (nSPS) is 10.5. The van der Waals surface area contributed by atoms with Crippen molar-refractivity contribution in [2.75, 3.05) is 11.9 Å². The van der Waals surface area contributed by atoms with Crippen molar-refractivity contribution in [1.29, 1.82) is 0 Å². The van der Waals surface area contributed by atoms with E-state index in [1.165, 1.54) is 0 Å². The van der Waals surface area contributed by atoms with E-state index in [0.717, 1.165) is 12.8 Å². The van der Waals surface area contributed by atoms with E-state index in [4.69, 9.17) is 4.74 Å². The van der Waals surface area contributed by atoms with Gasteiger partial charge in [0.1, 0.15) is 5.75 Å². The topological polar surface area (TPSA) is 67.4 Å². The number of rotatable bonds is 8. The lowest BCUT2D eigenvalue weighted by Crippen LogP contribution is -2.31. The Hall–Kier alpha value is -2.82. The standard InChI is InChI=1S/C21H26N2O3/c1-4-5-14-26-19-13-9-7-11-17(19)21(25)23-18-12-8-6-10-16(18)20(24)22-15(2)3/h6-13,15H,4-5,14H2,1-3H3,(H,22,24)(H,23,25). The van der Waals surface area contributed by atoms with Gasteiger partial charge >= 0.3 is 0 Å². The Morgan fingerprint density at radius 2 is 1.62 bits per heavy atom. The van der Waals surface area contributed by atoms with Crippen LogP contribution in [0.2, 0.25) is 0 Å². The van der Waals surface area contributed by atoms with Crippen LogP contribution in [0.4, 0.5) is 5.69 Å². The third kappa shape index (κ3) is 5.34. The van der Waals surface area contributed by atoms with Gasteiger partial charge in [0.25, 0.3) is 11.8 Å². The SMILES string of the molecule is CCCCOc1ccccc1C(=O)Nc1ccccc1C(=O)NC(C)C. The van der Waals surface area contributed by atoms with Gasteiger partial charge in [-0.1, -0.05) is 37.6 Å². The van der Waals surface area contributed by atoms with Gasteiger partial charge in [0, 0.05) is 6.04 Å². The van der Waals surface area contributed by atoms with Gasteiger partial charge in [0.2, 0.25) is 0 Å². The first-order chi connectivity index (χ1) is 12.5. The molecule has 0 atom stereocenters. The number of hydrogen-bond acceptors (Lipinski definition) is 3. The number of amides is 2. The first kappa shape index (κ1) is 19.5. The monoisotopic (exact) mass is 354 g/mol. The number of ether oxygens (including phenoxy) is 1. The van der Waals surface area contributed by atoms with Crippen LogP contribution in [0.3, 0.4) is 0 Å². The zero-order valence-electron chi connectivity index (χ0n) is 15.5. The average Bonchev–Trinajstić information content (AvgIpc) is 2.62. The average molecular weight is 354 g/mol. The fraction of sp³-hybridized carbons (Fsp3) is 0.333. The van der Waals surface area contributed by atoms with Crippen LogP contribution < -0.4 is 15.4 Å². The van der Waals surface area contributed by atoms with Gasteiger partial charge in [-0.3, -0.25) is 9.59 Å². The van der Waals surface area contributed by atoms with Crippen LogP contribution in [0, 0.1) is 0 Å². The number of benzene rings is 2. The van der Waals surface area contributed by atoms with Gasteiger partial charge in [-0.15, -0.1) is 0 Å². The van der Waals surface area contributed by atoms with Crippen molar-refractivity contribution < 1.29 is 14.3 Å². The smallest absolute Gasteiger partial charge is 0.259 e. The summed E-state index contributed by atoms with van der Waals surface area (Å²) in [6, 6.07) is 14.1. The molecule has 138 valence electrons. The lowest BCUT2D eigenvalue weighted by atomic mass is 10.1. The fourth-order valence-corrected chi connectivity index (χ4v) is 2.43. The molecular weight excluding hydrogens is 328 g/mol. The van der Waals surface area contributed by atoms with Gasteiger partial charge < -0.3 is 15.4 Å². The van der Waals surface area contributed by atoms with Crippen LogP contribution in [0.5, 0.6) is 5.75 Å². The highest BCUT2D eigenvalue weighted by atomic mass is 16.5. The predicted molar refractivity (Wildman–Crippen MR) is 104 cm³/mol. The van der Waals surface area contributed by atoms with Gasteiger partial charge in [-0.05, 0) is 44.5 Å². The lowest BCUT2D eigenvalue weighted by molar-refractivity contribution is 0.0944. The number of hydrogen-bond donors (Lipinski definition) is 2. The molecule has 0 spiro atoms. The van der Waals surface area contributed by atoms with Gasteiger partial charge in [0.05, 0.1) is 23.4 Å². The highest BCUT2D eigenvalue weighted by Gasteiger charge is 2.17. The summed E-state index contributed by atoms with van der Waals surface area (Å²) in [6.07, 6.45) is 1.95. The predicted octanol–water partition coefficient (Wildman–Crippen LogP) is 4.26. The molecule has 0 aliphatic heterocycles. The van der Waals surface area contributed by atoms with Crippen LogP contribution in [-0.4, -0.2) is 24.5 Å². The third-order valence-corrected chi connectivity index (χ3v) is 3.73. The quantitative estimate of drug-likeness (QED) is 0.696. The van der Waals surface area contributed by atoms with E-state index < -0.39 is 0 Å². The second-order valence-electron chi connectivity index (χ2n) is 6.33. The molecule has 2 aromatic rings. The Kier molecular flexibility index (Phi) is 7.21. The highest BCUT2D eigenvalue weighted by Crippen LogP contribution is 2.22. The Morgan fingerprint density at radius 3 is 2.31 bits per heavy atom. The first-order valence-corrected chi connectivity index (χ1v) is 8.96. The number of carbonyl (C=O) groups excluding carboxylic acids is 2. The van der Waals surface area contributed by atoms with E-state index in [-0.39, 0.29) is 17.9 Å². The van der Waals surface area contributed by atoms with Crippen LogP contribution in [0.25, 0.3) is 0 Å². The molecule has 0 saturated carbocycles. The highest BCUT2D eigenvalue weighted by molar-refractivity contribution is 6.10. The van der Waals surface area contributed by atoms with Crippen molar-refractivity contribution >= 4 is 17.5 Å². The molecule has 0 radical (unpaired) electrons. The molecule has 0 aliphatic carbocycles. The maximum absolute atomic E-state index is 12.7. The molecule has 5 nitrogen and oxygen atoms in total. The third-order valence-electron chi connectivity index (χ3n) is 3.73. The van der Waals surface area contributed by atoms with Crippen LogP contribution >= 0.6 is 0 Å². The van der Waals surface area contributed by atoms with E-state index in [9.17, 15) is 9.59 Å². The molecule has 5 heteroatoms. The largest absolute Gasteiger partial charge is 0.493 e. The fourth-order valence-electron chi connectivity index (χ4n) is 2.43. The summed E-state index contributed by atoms with van der Waals surface area (Å²) in [5.41, 5.74) is 1.35. The maximum atomic E-state index is 12.7. The van der Waals surface area contributed by atoms with Crippen LogP contribution in [-0.2, 0) is 0 Å². The first-order valence-electron chi connectivity index (χ1n) is 8.96. The van der Waals surface area contributed by atoms with E-state index in [0.29, 0.717) is 29.2 Å². The minimum absolute atomic E-state index is 0.0129. The molecule has 0 aromatic heterocycles. The maximum Gasteiger partial charge on any atom is 0.259 e. The summed E-state index contributed by atoms with van der Waals surface area (Å²) in [5, 5.41) is 5.68. The molecule has 0 heterocycles. The molecule has 0 bridgehead atoms. The van der Waals surface area contributed by atoms with Crippen molar-refractivity contribution in [3.8, 4) is 5.75 Å². The summed E-state index contributed by atoms with van der Waals surface area (Å²) in [4.78, 5) is 25.1. The zero-order chi connectivity index (χ0) is 18.9. The summed E-state index contributed by atoms with van der Waals surface area (Å²) in [7, 11) is 0. The minimum Gasteiger partial charge on any atom is -0.493 e. The Morgan fingerprint density at radius 1 is 0.962 bits per heavy atom. The van der Waals surface area contributed by atoms with Crippen molar-refractivity contribution in [2.45, 2.75) is 39.7 Å². The van der Waals surface area contributed by atoms with Crippen molar-refractivity contribution in [3.63, 3.8) is 0 Å². The van der Waals surface area contributed by atoms with Gasteiger partial charge in [0.15, 0.2) is 0 Å². The van der Waals surface area contributed by atoms with Crippen LogP contribution in [0.1, 0.15) is 54.3 Å². The Bertz CT molecular complexity index is 756. The van der Waals surface area contributed by atoms with Gasteiger partial charge in [-0.2, -0.15) is 0 Å². The molecule has 26 heavy (non-hydrogen) atoms. The minimum atomic E-state index is -0.304. The molecular formula is C21H26N2O3. The van der Waals surface area contributed by atoms with Crippen molar-refractivity contribution in [3.05, 3.63) is 59.7 Å². The van der Waals surface area contributed by atoms with E-state index in [1.54, 1.807) is 42.5 Å².